The summed E-state index contributed by atoms with van der Waals surface area (Å²) in [5.74, 6) is 4.20. The summed E-state index contributed by atoms with van der Waals surface area (Å²) in [7, 11) is 0. The largest absolute Gasteiger partial charge is 0.207 e. The lowest BCUT2D eigenvalue weighted by molar-refractivity contribution is 0.108. The van der Waals surface area contributed by atoms with Crippen LogP contribution in [0.15, 0.2) is 12.1 Å². The van der Waals surface area contributed by atoms with E-state index in [-0.39, 0.29) is 17.2 Å². The first-order chi connectivity index (χ1) is 15.5. The standard InChI is InChI=1S/C30H46F2/c1-3-4-5-6-22-7-9-23(10-8-22)11-12-24-13-14-26-18-27(16-15-25(26)17-24)28-19-29(31)21(2)30(32)20-28/h19-20,22-27H,3-18H2,1-2H3. The lowest BCUT2D eigenvalue weighted by Gasteiger charge is -2.43. The highest BCUT2D eigenvalue weighted by atomic mass is 19.1. The van der Waals surface area contributed by atoms with Crippen molar-refractivity contribution in [1.82, 2.24) is 0 Å². The summed E-state index contributed by atoms with van der Waals surface area (Å²) in [6.45, 7) is 3.84. The Bertz CT molecular complexity index is 695. The topological polar surface area (TPSA) is 0 Å². The summed E-state index contributed by atoms with van der Waals surface area (Å²) in [5.41, 5.74) is 1.06. The van der Waals surface area contributed by atoms with Gasteiger partial charge in [-0.1, -0.05) is 77.6 Å². The van der Waals surface area contributed by atoms with Crippen LogP contribution >= 0.6 is 0 Å². The third-order valence-electron chi connectivity index (χ3n) is 9.66. The number of hydrogen-bond donors (Lipinski definition) is 0. The summed E-state index contributed by atoms with van der Waals surface area (Å²) in [4.78, 5) is 0. The maximum Gasteiger partial charge on any atom is 0.129 e. The Morgan fingerprint density at radius 2 is 1.25 bits per heavy atom. The summed E-state index contributed by atoms with van der Waals surface area (Å²) < 4.78 is 28.1. The van der Waals surface area contributed by atoms with E-state index in [1.807, 2.05) is 0 Å². The fraction of sp³-hybridized carbons (Fsp3) is 0.800. The molecular weight excluding hydrogens is 398 g/mol. The van der Waals surface area contributed by atoms with Gasteiger partial charge in [-0.05, 0) is 92.2 Å². The molecule has 3 fully saturated rings. The summed E-state index contributed by atoms with van der Waals surface area (Å²) in [6.07, 6.45) is 22.2. The van der Waals surface area contributed by atoms with Crippen LogP contribution in [-0.2, 0) is 0 Å². The second-order valence-electron chi connectivity index (χ2n) is 11.8. The summed E-state index contributed by atoms with van der Waals surface area (Å²) in [6, 6.07) is 3.21. The van der Waals surface area contributed by atoms with Crippen molar-refractivity contribution in [3.63, 3.8) is 0 Å². The molecule has 4 rings (SSSR count). The van der Waals surface area contributed by atoms with E-state index in [1.54, 1.807) is 12.1 Å². The minimum Gasteiger partial charge on any atom is -0.207 e. The lowest BCUT2D eigenvalue weighted by Crippen LogP contribution is -2.30. The third-order valence-corrected chi connectivity index (χ3v) is 9.66. The number of fused-ring (bicyclic) bond motifs is 1. The normalized spacial score (nSPS) is 33.1. The Balaban J connectivity index is 1.18. The van der Waals surface area contributed by atoms with Gasteiger partial charge in [-0.2, -0.15) is 0 Å². The molecule has 4 unspecified atom stereocenters. The predicted octanol–water partition coefficient (Wildman–Crippen LogP) is 9.74. The van der Waals surface area contributed by atoms with E-state index in [2.05, 4.69) is 6.92 Å². The fourth-order valence-electron chi connectivity index (χ4n) is 7.42. The van der Waals surface area contributed by atoms with Crippen LogP contribution in [0.3, 0.4) is 0 Å². The molecule has 0 heterocycles. The van der Waals surface area contributed by atoms with Crippen molar-refractivity contribution in [2.24, 2.45) is 29.6 Å². The van der Waals surface area contributed by atoms with E-state index in [1.165, 1.54) is 96.8 Å². The number of halogens is 2. The van der Waals surface area contributed by atoms with Crippen LogP contribution in [-0.4, -0.2) is 0 Å². The van der Waals surface area contributed by atoms with Gasteiger partial charge in [0.15, 0.2) is 0 Å². The second-order valence-corrected chi connectivity index (χ2v) is 11.8. The number of hydrogen-bond acceptors (Lipinski definition) is 0. The molecule has 0 spiro atoms. The summed E-state index contributed by atoms with van der Waals surface area (Å²) in [5, 5.41) is 0. The zero-order chi connectivity index (χ0) is 22.5. The smallest absolute Gasteiger partial charge is 0.129 e. The zero-order valence-corrected chi connectivity index (χ0v) is 20.7. The van der Waals surface area contributed by atoms with Gasteiger partial charge in [0, 0.05) is 5.56 Å². The minimum absolute atomic E-state index is 0.160. The molecule has 3 saturated carbocycles. The molecule has 1 aromatic rings. The molecule has 0 N–H and O–H groups in total. The highest BCUT2D eigenvalue weighted by molar-refractivity contribution is 5.28. The Labute approximate surface area is 196 Å². The van der Waals surface area contributed by atoms with Crippen molar-refractivity contribution in [1.29, 1.82) is 0 Å². The molecule has 180 valence electrons. The van der Waals surface area contributed by atoms with Gasteiger partial charge in [-0.3, -0.25) is 0 Å². The first-order valence-electron chi connectivity index (χ1n) is 14.0. The number of unbranched alkanes of at least 4 members (excludes halogenated alkanes) is 2. The van der Waals surface area contributed by atoms with Crippen LogP contribution in [0.25, 0.3) is 0 Å². The van der Waals surface area contributed by atoms with Crippen molar-refractivity contribution in [2.75, 3.05) is 0 Å². The molecule has 3 aliphatic carbocycles. The van der Waals surface area contributed by atoms with Gasteiger partial charge in [-0.25, -0.2) is 8.78 Å². The van der Waals surface area contributed by atoms with Gasteiger partial charge < -0.3 is 0 Å². The van der Waals surface area contributed by atoms with Crippen molar-refractivity contribution < 1.29 is 8.78 Å². The Hall–Kier alpha value is -0.920. The van der Waals surface area contributed by atoms with Crippen molar-refractivity contribution in [2.45, 2.75) is 122 Å². The Morgan fingerprint density at radius 3 is 1.94 bits per heavy atom. The first kappa shape index (κ1) is 24.2. The summed E-state index contributed by atoms with van der Waals surface area (Å²) >= 11 is 0. The maximum atomic E-state index is 14.1. The highest BCUT2D eigenvalue weighted by Crippen LogP contribution is 2.49. The molecule has 3 aliphatic rings. The fourth-order valence-corrected chi connectivity index (χ4v) is 7.42. The third kappa shape index (κ3) is 6.15. The van der Waals surface area contributed by atoms with Crippen molar-refractivity contribution in [3.8, 4) is 0 Å². The quantitative estimate of drug-likeness (QED) is 0.350. The Kier molecular flexibility index (Phi) is 8.68. The van der Waals surface area contributed by atoms with Gasteiger partial charge in [0.2, 0.25) is 0 Å². The molecule has 1 aromatic carbocycles. The molecule has 2 heteroatoms. The van der Waals surface area contributed by atoms with E-state index < -0.39 is 0 Å². The van der Waals surface area contributed by atoms with Crippen LogP contribution in [0.1, 0.15) is 127 Å². The molecule has 0 bridgehead atoms. The molecular formula is C30H46F2. The molecule has 0 aromatic heterocycles. The second kappa shape index (κ2) is 11.5. The molecule has 4 atom stereocenters. The average Bonchev–Trinajstić information content (AvgIpc) is 2.81. The molecule has 0 radical (unpaired) electrons. The van der Waals surface area contributed by atoms with Gasteiger partial charge in [-0.15, -0.1) is 0 Å². The SMILES string of the molecule is CCCCCC1CCC(CCC2CCC3CC(c4cc(F)c(C)c(F)c4)CCC3C2)CC1. The average molecular weight is 445 g/mol. The van der Waals surface area contributed by atoms with Crippen LogP contribution in [0.4, 0.5) is 8.78 Å². The molecule has 0 saturated heterocycles. The first-order valence-corrected chi connectivity index (χ1v) is 14.0. The van der Waals surface area contributed by atoms with E-state index in [0.29, 0.717) is 5.92 Å². The van der Waals surface area contributed by atoms with E-state index in [0.717, 1.165) is 48.0 Å². The van der Waals surface area contributed by atoms with Crippen molar-refractivity contribution >= 4 is 0 Å². The Morgan fingerprint density at radius 1 is 0.688 bits per heavy atom. The molecule has 32 heavy (non-hydrogen) atoms. The van der Waals surface area contributed by atoms with Crippen LogP contribution in [0.5, 0.6) is 0 Å². The van der Waals surface area contributed by atoms with E-state index >= 15 is 0 Å². The van der Waals surface area contributed by atoms with E-state index in [9.17, 15) is 8.78 Å². The van der Waals surface area contributed by atoms with Crippen LogP contribution < -0.4 is 0 Å². The monoisotopic (exact) mass is 444 g/mol. The van der Waals surface area contributed by atoms with E-state index in [4.69, 9.17) is 0 Å². The maximum absolute atomic E-state index is 14.1. The van der Waals surface area contributed by atoms with Crippen molar-refractivity contribution in [3.05, 3.63) is 34.9 Å². The lowest BCUT2D eigenvalue weighted by atomic mass is 9.63. The number of rotatable bonds is 8. The van der Waals surface area contributed by atoms with Gasteiger partial charge >= 0.3 is 0 Å². The minimum atomic E-state index is -0.374. The zero-order valence-electron chi connectivity index (χ0n) is 20.7. The predicted molar refractivity (Wildman–Crippen MR) is 131 cm³/mol. The highest BCUT2D eigenvalue weighted by Gasteiger charge is 2.36. The van der Waals surface area contributed by atoms with Crippen LogP contribution in [0.2, 0.25) is 0 Å². The van der Waals surface area contributed by atoms with Gasteiger partial charge in [0.25, 0.3) is 0 Å². The van der Waals surface area contributed by atoms with Crippen LogP contribution in [0, 0.1) is 48.1 Å². The molecule has 0 aliphatic heterocycles. The van der Waals surface area contributed by atoms with Gasteiger partial charge in [0.1, 0.15) is 11.6 Å². The molecule has 0 amide bonds. The van der Waals surface area contributed by atoms with Gasteiger partial charge in [0.05, 0.1) is 0 Å². The number of benzene rings is 1. The molecule has 0 nitrogen and oxygen atoms in total.